The van der Waals surface area contributed by atoms with Crippen molar-refractivity contribution in [3.8, 4) is 0 Å². The van der Waals surface area contributed by atoms with Crippen LogP contribution in [0.5, 0.6) is 0 Å². The molecule has 1 aliphatic heterocycles. The maximum absolute atomic E-state index is 12.9. The normalized spacial score (nSPS) is 16.4. The van der Waals surface area contributed by atoms with Crippen molar-refractivity contribution >= 4 is 23.2 Å². The number of hydrogen-bond donors (Lipinski definition) is 1. The molecule has 0 saturated heterocycles. The second kappa shape index (κ2) is 6.11. The van der Waals surface area contributed by atoms with Gasteiger partial charge in [-0.25, -0.2) is 0 Å². The molecule has 1 heterocycles. The van der Waals surface area contributed by atoms with Gasteiger partial charge in [0, 0.05) is 29.4 Å². The molecule has 1 fully saturated rings. The molecule has 0 radical (unpaired) electrons. The number of carbonyl (C=O) groups is 2. The first-order valence-corrected chi connectivity index (χ1v) is 8.53. The lowest BCUT2D eigenvalue weighted by atomic mass is 10.0. The number of amides is 2. The van der Waals surface area contributed by atoms with E-state index in [1.807, 2.05) is 35.2 Å². The van der Waals surface area contributed by atoms with Crippen molar-refractivity contribution in [2.45, 2.75) is 25.7 Å². The van der Waals surface area contributed by atoms with Crippen LogP contribution in [0.15, 0.2) is 48.5 Å². The van der Waals surface area contributed by atoms with Crippen LogP contribution in [0, 0.1) is 5.92 Å². The van der Waals surface area contributed by atoms with Crippen LogP contribution in [0.3, 0.4) is 0 Å². The molecule has 0 aromatic heterocycles. The van der Waals surface area contributed by atoms with Crippen LogP contribution in [-0.2, 0) is 11.2 Å². The Labute approximate surface area is 141 Å². The number of fused-ring (bicyclic) bond motifs is 1. The number of para-hydroxylation sites is 1. The topological polar surface area (TPSA) is 49.4 Å². The highest BCUT2D eigenvalue weighted by molar-refractivity contribution is 6.07. The van der Waals surface area contributed by atoms with Crippen molar-refractivity contribution in [2.75, 3.05) is 16.8 Å². The maximum atomic E-state index is 12.9. The smallest absolute Gasteiger partial charge is 0.258 e. The summed E-state index contributed by atoms with van der Waals surface area (Å²) in [5, 5.41) is 2.90. The highest BCUT2D eigenvalue weighted by atomic mass is 16.2. The van der Waals surface area contributed by atoms with Gasteiger partial charge in [-0.1, -0.05) is 18.2 Å². The number of hydrogen-bond acceptors (Lipinski definition) is 2. The Kier molecular flexibility index (Phi) is 3.81. The summed E-state index contributed by atoms with van der Waals surface area (Å²) >= 11 is 0. The lowest BCUT2D eigenvalue weighted by Gasteiger charge is -2.29. The Morgan fingerprint density at radius 1 is 1.00 bits per heavy atom. The minimum atomic E-state index is 0.0159. The summed E-state index contributed by atoms with van der Waals surface area (Å²) < 4.78 is 0. The molecule has 0 atom stereocenters. The van der Waals surface area contributed by atoms with Gasteiger partial charge in [0.1, 0.15) is 0 Å². The van der Waals surface area contributed by atoms with Crippen molar-refractivity contribution in [2.24, 2.45) is 5.92 Å². The Hall–Kier alpha value is -2.62. The number of benzene rings is 2. The average Bonchev–Trinajstić information content (AvgIpc) is 3.46. The van der Waals surface area contributed by atoms with Gasteiger partial charge < -0.3 is 10.2 Å². The van der Waals surface area contributed by atoms with Gasteiger partial charge in [-0.2, -0.15) is 0 Å². The molecule has 4 rings (SSSR count). The second-order valence-electron chi connectivity index (χ2n) is 6.53. The Morgan fingerprint density at radius 2 is 1.75 bits per heavy atom. The molecule has 122 valence electrons. The van der Waals surface area contributed by atoms with Gasteiger partial charge in [-0.3, -0.25) is 9.59 Å². The fourth-order valence-corrected chi connectivity index (χ4v) is 3.19. The molecular formula is C20H20N2O2. The zero-order chi connectivity index (χ0) is 16.5. The minimum Gasteiger partial charge on any atom is -0.326 e. The summed E-state index contributed by atoms with van der Waals surface area (Å²) in [6.07, 6.45) is 3.97. The molecular weight excluding hydrogens is 300 g/mol. The Bertz CT molecular complexity index is 778. The first-order chi connectivity index (χ1) is 11.7. The van der Waals surface area contributed by atoms with Crippen LogP contribution < -0.4 is 10.2 Å². The summed E-state index contributed by atoms with van der Waals surface area (Å²) in [6.45, 7) is 0.746. The van der Waals surface area contributed by atoms with E-state index in [1.54, 1.807) is 12.1 Å². The number of aryl methyl sites for hydroxylation is 1. The van der Waals surface area contributed by atoms with Crippen LogP contribution >= 0.6 is 0 Å². The van der Waals surface area contributed by atoms with Gasteiger partial charge in [-0.15, -0.1) is 0 Å². The molecule has 1 saturated carbocycles. The average molecular weight is 320 g/mol. The van der Waals surface area contributed by atoms with Crippen molar-refractivity contribution in [3.05, 3.63) is 59.7 Å². The fourth-order valence-electron chi connectivity index (χ4n) is 3.19. The van der Waals surface area contributed by atoms with Crippen LogP contribution in [0.4, 0.5) is 11.4 Å². The Morgan fingerprint density at radius 3 is 2.50 bits per heavy atom. The third kappa shape index (κ3) is 2.92. The minimum absolute atomic E-state index is 0.0159. The summed E-state index contributed by atoms with van der Waals surface area (Å²) in [7, 11) is 0. The number of rotatable bonds is 3. The van der Waals surface area contributed by atoms with Crippen LogP contribution in [-0.4, -0.2) is 18.4 Å². The lowest BCUT2D eigenvalue weighted by molar-refractivity contribution is -0.117. The fraction of sp³-hybridized carbons (Fsp3) is 0.300. The zero-order valence-electron chi connectivity index (χ0n) is 13.5. The largest absolute Gasteiger partial charge is 0.326 e. The van der Waals surface area contributed by atoms with Crippen molar-refractivity contribution < 1.29 is 9.59 Å². The van der Waals surface area contributed by atoms with Gasteiger partial charge in [-0.05, 0) is 61.6 Å². The number of anilines is 2. The molecule has 2 amide bonds. The van der Waals surface area contributed by atoms with E-state index in [2.05, 4.69) is 11.4 Å². The first kappa shape index (κ1) is 14.9. The quantitative estimate of drug-likeness (QED) is 0.939. The molecule has 1 aliphatic carbocycles. The SMILES string of the molecule is O=C(Nc1ccc(C(=O)N2CCCc3ccccc32)cc1)C1CC1. The monoisotopic (exact) mass is 320 g/mol. The summed E-state index contributed by atoms with van der Waals surface area (Å²) in [5.74, 6) is 0.275. The standard InChI is InChI=1S/C20H20N2O2/c23-19(15-7-8-15)21-17-11-9-16(10-12-17)20(24)22-13-3-5-14-4-1-2-6-18(14)22/h1-2,4,6,9-12,15H,3,5,7-8,13H2,(H,21,23). The molecule has 0 unspecified atom stereocenters. The molecule has 4 nitrogen and oxygen atoms in total. The number of carbonyl (C=O) groups excluding carboxylic acids is 2. The van der Waals surface area contributed by atoms with Crippen molar-refractivity contribution in [1.82, 2.24) is 0 Å². The summed E-state index contributed by atoms with van der Waals surface area (Å²) in [5.41, 5.74) is 3.64. The highest BCUT2D eigenvalue weighted by Gasteiger charge is 2.29. The van der Waals surface area contributed by atoms with E-state index in [0.717, 1.165) is 43.6 Å². The third-order valence-electron chi connectivity index (χ3n) is 4.70. The van der Waals surface area contributed by atoms with E-state index in [4.69, 9.17) is 0 Å². The number of nitrogens with one attached hydrogen (secondary N) is 1. The van der Waals surface area contributed by atoms with Gasteiger partial charge in [0.05, 0.1) is 0 Å². The molecule has 2 aromatic rings. The van der Waals surface area contributed by atoms with Crippen LogP contribution in [0.1, 0.15) is 35.2 Å². The second-order valence-corrected chi connectivity index (χ2v) is 6.53. The van der Waals surface area contributed by atoms with E-state index in [0.29, 0.717) is 5.56 Å². The van der Waals surface area contributed by atoms with E-state index >= 15 is 0 Å². The third-order valence-corrected chi connectivity index (χ3v) is 4.70. The molecule has 2 aliphatic rings. The highest BCUT2D eigenvalue weighted by Crippen LogP contribution is 2.31. The lowest BCUT2D eigenvalue weighted by Crippen LogP contribution is -2.35. The van der Waals surface area contributed by atoms with Crippen molar-refractivity contribution in [1.29, 1.82) is 0 Å². The molecule has 4 heteroatoms. The van der Waals surface area contributed by atoms with E-state index in [-0.39, 0.29) is 17.7 Å². The van der Waals surface area contributed by atoms with Crippen LogP contribution in [0.25, 0.3) is 0 Å². The molecule has 0 bridgehead atoms. The van der Waals surface area contributed by atoms with Gasteiger partial charge in [0.2, 0.25) is 5.91 Å². The van der Waals surface area contributed by atoms with Crippen LogP contribution in [0.2, 0.25) is 0 Å². The van der Waals surface area contributed by atoms with Gasteiger partial charge in [0.25, 0.3) is 5.91 Å². The molecule has 0 spiro atoms. The molecule has 1 N–H and O–H groups in total. The van der Waals surface area contributed by atoms with Gasteiger partial charge in [0.15, 0.2) is 0 Å². The van der Waals surface area contributed by atoms with E-state index in [9.17, 15) is 9.59 Å². The molecule has 24 heavy (non-hydrogen) atoms. The maximum Gasteiger partial charge on any atom is 0.258 e. The first-order valence-electron chi connectivity index (χ1n) is 8.53. The van der Waals surface area contributed by atoms with E-state index < -0.39 is 0 Å². The number of nitrogens with zero attached hydrogens (tertiary/aromatic N) is 1. The predicted molar refractivity (Wildman–Crippen MR) is 94.2 cm³/mol. The van der Waals surface area contributed by atoms with E-state index in [1.165, 1.54) is 5.56 Å². The Balaban J connectivity index is 1.51. The zero-order valence-corrected chi connectivity index (χ0v) is 13.5. The molecule has 2 aromatic carbocycles. The predicted octanol–water partition coefficient (Wildman–Crippen LogP) is 3.63. The van der Waals surface area contributed by atoms with Crippen molar-refractivity contribution in [3.63, 3.8) is 0 Å². The summed E-state index contributed by atoms with van der Waals surface area (Å²) in [4.78, 5) is 26.5. The summed E-state index contributed by atoms with van der Waals surface area (Å²) in [6, 6.07) is 15.3. The van der Waals surface area contributed by atoms with Gasteiger partial charge >= 0.3 is 0 Å².